The van der Waals surface area contributed by atoms with Crippen molar-refractivity contribution >= 4 is 23.2 Å². The van der Waals surface area contributed by atoms with Crippen molar-refractivity contribution in [1.82, 2.24) is 14.6 Å². The summed E-state index contributed by atoms with van der Waals surface area (Å²) in [4.78, 5) is 4.40. The summed E-state index contributed by atoms with van der Waals surface area (Å²) in [5.41, 5.74) is 0.815. The van der Waals surface area contributed by atoms with E-state index in [4.69, 9.17) is 11.6 Å². The number of halogens is 1. The summed E-state index contributed by atoms with van der Waals surface area (Å²) < 4.78 is 1.70. The van der Waals surface area contributed by atoms with Gasteiger partial charge in [-0.25, -0.2) is 4.52 Å². The highest BCUT2D eigenvalue weighted by Crippen LogP contribution is 2.33. The van der Waals surface area contributed by atoms with Crippen LogP contribution in [0.25, 0.3) is 5.65 Å². The molecular weight excluding hydrogens is 236 g/mol. The summed E-state index contributed by atoms with van der Waals surface area (Å²) in [6, 6.07) is 4.12. The van der Waals surface area contributed by atoms with Crippen LogP contribution in [0.1, 0.15) is 26.2 Å². The van der Waals surface area contributed by atoms with Crippen molar-refractivity contribution in [3.8, 4) is 0 Å². The average Bonchev–Trinajstić information content (AvgIpc) is 2.97. The van der Waals surface area contributed by atoms with Gasteiger partial charge >= 0.3 is 0 Å². The monoisotopic (exact) mass is 250 g/mol. The molecule has 0 amide bonds. The van der Waals surface area contributed by atoms with Gasteiger partial charge in [-0.15, -0.1) is 5.10 Å². The van der Waals surface area contributed by atoms with Crippen LogP contribution in [0.5, 0.6) is 0 Å². The molecule has 0 bridgehead atoms. The van der Waals surface area contributed by atoms with Gasteiger partial charge in [0, 0.05) is 12.2 Å². The molecule has 0 radical (unpaired) electrons. The Balaban J connectivity index is 1.75. The van der Waals surface area contributed by atoms with E-state index in [-0.39, 0.29) is 0 Å². The second kappa shape index (κ2) is 4.18. The van der Waals surface area contributed by atoms with Gasteiger partial charge in [-0.3, -0.25) is 0 Å². The van der Waals surface area contributed by atoms with E-state index in [1.807, 2.05) is 12.1 Å². The van der Waals surface area contributed by atoms with Gasteiger partial charge in [0.2, 0.25) is 5.95 Å². The lowest BCUT2D eigenvalue weighted by Gasteiger charge is -2.10. The van der Waals surface area contributed by atoms with Crippen molar-refractivity contribution < 1.29 is 0 Å². The zero-order chi connectivity index (χ0) is 11.8. The minimum atomic E-state index is 0.426. The Morgan fingerprint density at radius 1 is 1.53 bits per heavy atom. The molecule has 1 unspecified atom stereocenters. The number of nitrogens with zero attached hydrogens (tertiary/aromatic N) is 3. The molecular formula is C12H15ClN4. The molecule has 1 fully saturated rings. The van der Waals surface area contributed by atoms with Crippen molar-refractivity contribution in [2.24, 2.45) is 5.92 Å². The molecule has 1 N–H and O–H groups in total. The number of hydrogen-bond donors (Lipinski definition) is 1. The quantitative estimate of drug-likeness (QED) is 0.907. The van der Waals surface area contributed by atoms with Gasteiger partial charge in [-0.05, 0) is 31.4 Å². The van der Waals surface area contributed by atoms with E-state index in [2.05, 4.69) is 22.3 Å². The first-order chi connectivity index (χ1) is 8.20. The van der Waals surface area contributed by atoms with E-state index in [1.54, 1.807) is 10.7 Å². The third-order valence-corrected chi connectivity index (χ3v) is 3.28. The first-order valence-corrected chi connectivity index (χ1v) is 6.37. The van der Waals surface area contributed by atoms with Crippen LogP contribution in [0.15, 0.2) is 18.3 Å². The van der Waals surface area contributed by atoms with Crippen LogP contribution < -0.4 is 5.32 Å². The molecule has 2 heterocycles. The second-order valence-corrected chi connectivity index (χ2v) is 5.25. The number of nitrogens with one attached hydrogen (secondary N) is 1. The highest BCUT2D eigenvalue weighted by molar-refractivity contribution is 6.30. The van der Waals surface area contributed by atoms with Gasteiger partial charge in [-0.2, -0.15) is 4.98 Å². The van der Waals surface area contributed by atoms with Crippen LogP contribution >= 0.6 is 11.6 Å². The number of aromatic nitrogens is 3. The molecule has 5 heteroatoms. The molecule has 2 aromatic heterocycles. The van der Waals surface area contributed by atoms with E-state index in [0.717, 1.165) is 11.6 Å². The molecule has 90 valence electrons. The number of fused-ring (bicyclic) bond motifs is 1. The van der Waals surface area contributed by atoms with E-state index >= 15 is 0 Å². The number of pyridine rings is 1. The van der Waals surface area contributed by atoms with Crippen molar-refractivity contribution in [2.75, 3.05) is 5.32 Å². The predicted molar refractivity (Wildman–Crippen MR) is 68.4 cm³/mol. The Kier molecular flexibility index (Phi) is 2.67. The summed E-state index contributed by atoms with van der Waals surface area (Å²) in [6.07, 6.45) is 5.72. The normalized spacial score (nSPS) is 17.3. The lowest BCUT2D eigenvalue weighted by Crippen LogP contribution is -2.16. The molecule has 0 aromatic carbocycles. The molecule has 1 aliphatic carbocycles. The molecule has 4 nitrogen and oxygen atoms in total. The highest BCUT2D eigenvalue weighted by atomic mass is 35.5. The second-order valence-electron chi connectivity index (χ2n) is 4.81. The first kappa shape index (κ1) is 10.8. The largest absolute Gasteiger partial charge is 0.350 e. The van der Waals surface area contributed by atoms with Gasteiger partial charge in [-0.1, -0.05) is 24.4 Å². The van der Waals surface area contributed by atoms with E-state index in [9.17, 15) is 0 Å². The van der Waals surface area contributed by atoms with Gasteiger partial charge in [0.05, 0.1) is 5.02 Å². The zero-order valence-electron chi connectivity index (χ0n) is 9.73. The van der Waals surface area contributed by atoms with Crippen LogP contribution in [0, 0.1) is 5.92 Å². The molecule has 1 saturated carbocycles. The van der Waals surface area contributed by atoms with Gasteiger partial charge < -0.3 is 5.32 Å². The third-order valence-electron chi connectivity index (χ3n) is 3.05. The van der Waals surface area contributed by atoms with Crippen molar-refractivity contribution in [1.29, 1.82) is 0 Å². The number of rotatable bonds is 4. The minimum absolute atomic E-state index is 0.426. The average molecular weight is 251 g/mol. The standard InChI is InChI=1S/C12H15ClN4/c1-8(6-9-2-3-9)14-12-15-11-5-4-10(13)7-17(11)16-12/h4-5,7-9H,2-3,6H2,1H3,(H,14,16). The van der Waals surface area contributed by atoms with E-state index < -0.39 is 0 Å². The maximum atomic E-state index is 5.90. The first-order valence-electron chi connectivity index (χ1n) is 5.99. The van der Waals surface area contributed by atoms with Crippen molar-refractivity contribution in [3.05, 3.63) is 23.4 Å². The summed E-state index contributed by atoms with van der Waals surface area (Å²) in [6.45, 7) is 2.18. The maximum absolute atomic E-state index is 5.90. The van der Waals surface area contributed by atoms with Crippen molar-refractivity contribution in [2.45, 2.75) is 32.2 Å². The molecule has 2 aromatic rings. The lowest BCUT2D eigenvalue weighted by molar-refractivity contribution is 0.637. The van der Waals surface area contributed by atoms with Gasteiger partial charge in [0.15, 0.2) is 5.65 Å². The topological polar surface area (TPSA) is 42.2 Å². The fraction of sp³-hybridized carbons (Fsp3) is 0.500. The van der Waals surface area contributed by atoms with Gasteiger partial charge in [0.25, 0.3) is 0 Å². The molecule has 0 saturated heterocycles. The highest BCUT2D eigenvalue weighted by Gasteiger charge is 2.23. The molecule has 1 aliphatic rings. The SMILES string of the molecule is CC(CC1CC1)Nc1nc2ccc(Cl)cn2n1. The fourth-order valence-corrected chi connectivity index (χ4v) is 2.21. The fourth-order valence-electron chi connectivity index (χ4n) is 2.05. The summed E-state index contributed by atoms with van der Waals surface area (Å²) in [7, 11) is 0. The summed E-state index contributed by atoms with van der Waals surface area (Å²) in [5.74, 6) is 1.59. The van der Waals surface area contributed by atoms with Crippen LogP contribution in [-0.2, 0) is 0 Å². The molecule has 3 rings (SSSR count). The Bertz CT molecular complexity index is 532. The maximum Gasteiger partial charge on any atom is 0.243 e. The van der Waals surface area contributed by atoms with Crippen LogP contribution in [-0.4, -0.2) is 20.6 Å². The lowest BCUT2D eigenvalue weighted by atomic mass is 10.2. The Hall–Kier alpha value is -1.29. The van der Waals surface area contributed by atoms with E-state index in [1.165, 1.54) is 19.3 Å². The smallest absolute Gasteiger partial charge is 0.243 e. The third kappa shape index (κ3) is 2.52. The Morgan fingerprint density at radius 3 is 3.12 bits per heavy atom. The summed E-state index contributed by atoms with van der Waals surface area (Å²) >= 11 is 5.90. The summed E-state index contributed by atoms with van der Waals surface area (Å²) in [5, 5.41) is 8.35. The van der Waals surface area contributed by atoms with Crippen LogP contribution in [0.4, 0.5) is 5.95 Å². The zero-order valence-corrected chi connectivity index (χ0v) is 10.5. The van der Waals surface area contributed by atoms with Crippen LogP contribution in [0.2, 0.25) is 5.02 Å². The van der Waals surface area contributed by atoms with Gasteiger partial charge in [0.1, 0.15) is 0 Å². The number of hydrogen-bond acceptors (Lipinski definition) is 3. The molecule has 0 spiro atoms. The van der Waals surface area contributed by atoms with E-state index in [0.29, 0.717) is 17.0 Å². The van der Waals surface area contributed by atoms with Crippen molar-refractivity contribution in [3.63, 3.8) is 0 Å². The Labute approximate surface area is 105 Å². The predicted octanol–water partition coefficient (Wildman–Crippen LogP) is 2.98. The molecule has 17 heavy (non-hydrogen) atoms. The van der Waals surface area contributed by atoms with Crippen LogP contribution in [0.3, 0.4) is 0 Å². The molecule has 1 atom stereocenters. The minimum Gasteiger partial charge on any atom is -0.350 e. The number of anilines is 1. The Morgan fingerprint density at radius 2 is 2.35 bits per heavy atom. The molecule has 0 aliphatic heterocycles.